The van der Waals surface area contributed by atoms with Gasteiger partial charge in [-0.15, -0.1) is 0 Å². The molecular formula is C20H24BrN3S. The molecule has 0 radical (unpaired) electrons. The number of piperidine rings is 1. The van der Waals surface area contributed by atoms with Gasteiger partial charge in [-0.3, -0.25) is 0 Å². The van der Waals surface area contributed by atoms with E-state index in [0.717, 1.165) is 22.6 Å². The molecule has 1 saturated heterocycles. The monoisotopic (exact) mass is 417 g/mol. The molecule has 2 aromatic rings. The Morgan fingerprint density at radius 3 is 2.56 bits per heavy atom. The predicted molar refractivity (Wildman–Crippen MR) is 114 cm³/mol. The molecule has 25 heavy (non-hydrogen) atoms. The third kappa shape index (κ3) is 5.44. The van der Waals surface area contributed by atoms with Crippen molar-refractivity contribution < 1.29 is 0 Å². The van der Waals surface area contributed by atoms with Gasteiger partial charge in [0.1, 0.15) is 0 Å². The molecule has 0 unspecified atom stereocenters. The lowest BCUT2D eigenvalue weighted by Gasteiger charge is -2.32. The maximum atomic E-state index is 5.37. The zero-order valence-electron chi connectivity index (χ0n) is 14.5. The van der Waals surface area contributed by atoms with Gasteiger partial charge in [0.25, 0.3) is 0 Å². The van der Waals surface area contributed by atoms with Crippen LogP contribution in [0.15, 0.2) is 53.0 Å². The van der Waals surface area contributed by atoms with E-state index in [1.807, 2.05) is 24.3 Å². The van der Waals surface area contributed by atoms with E-state index in [9.17, 15) is 0 Å². The van der Waals surface area contributed by atoms with E-state index < -0.39 is 0 Å². The molecule has 0 amide bonds. The molecule has 0 bridgehead atoms. The van der Waals surface area contributed by atoms with Crippen molar-refractivity contribution in [2.24, 2.45) is 5.92 Å². The van der Waals surface area contributed by atoms with Crippen LogP contribution < -0.4 is 15.5 Å². The van der Waals surface area contributed by atoms with Gasteiger partial charge in [0.05, 0.1) is 0 Å². The molecule has 1 heterocycles. The number of hydrogen-bond donors (Lipinski definition) is 2. The third-order valence-electron chi connectivity index (χ3n) is 4.51. The molecule has 5 heteroatoms. The minimum atomic E-state index is 0.635. The van der Waals surface area contributed by atoms with E-state index in [1.54, 1.807) is 0 Å². The second-order valence-electron chi connectivity index (χ2n) is 6.67. The van der Waals surface area contributed by atoms with Gasteiger partial charge in [0, 0.05) is 35.5 Å². The van der Waals surface area contributed by atoms with Crippen molar-refractivity contribution in [1.82, 2.24) is 5.32 Å². The Balaban J connectivity index is 1.49. The van der Waals surface area contributed by atoms with Crippen LogP contribution in [0.2, 0.25) is 0 Å². The standard InChI is InChI=1S/C20H24BrN3S/c1-15-3-2-12-24(14-15)19-10-4-16(5-11-19)13-22-20(25)23-18-8-6-17(21)7-9-18/h4-11,15H,2-3,12-14H2,1H3,(H2,22,23,25)/t15-/m0/s1. The number of benzene rings is 2. The fraction of sp³-hybridized carbons (Fsp3) is 0.350. The molecule has 2 aromatic carbocycles. The van der Waals surface area contributed by atoms with Crippen LogP contribution in [0.25, 0.3) is 0 Å². The number of nitrogens with zero attached hydrogens (tertiary/aromatic N) is 1. The van der Waals surface area contributed by atoms with Crippen LogP contribution in [0, 0.1) is 5.92 Å². The lowest BCUT2D eigenvalue weighted by Crippen LogP contribution is -2.34. The highest BCUT2D eigenvalue weighted by Gasteiger charge is 2.16. The average molecular weight is 418 g/mol. The largest absolute Gasteiger partial charge is 0.371 e. The average Bonchev–Trinajstić information content (AvgIpc) is 2.62. The van der Waals surface area contributed by atoms with Crippen molar-refractivity contribution in [1.29, 1.82) is 0 Å². The summed E-state index contributed by atoms with van der Waals surface area (Å²) >= 11 is 8.80. The summed E-state index contributed by atoms with van der Waals surface area (Å²) in [5, 5.41) is 7.10. The minimum Gasteiger partial charge on any atom is -0.371 e. The fourth-order valence-corrected chi connectivity index (χ4v) is 3.59. The lowest BCUT2D eigenvalue weighted by molar-refractivity contribution is 0.447. The number of halogens is 1. The molecule has 0 aliphatic carbocycles. The number of thiocarbonyl (C=S) groups is 1. The smallest absolute Gasteiger partial charge is 0.171 e. The fourth-order valence-electron chi connectivity index (χ4n) is 3.14. The van der Waals surface area contributed by atoms with Gasteiger partial charge < -0.3 is 15.5 Å². The first-order valence-corrected chi connectivity index (χ1v) is 9.94. The van der Waals surface area contributed by atoms with Gasteiger partial charge in [0.2, 0.25) is 0 Å². The van der Waals surface area contributed by atoms with Crippen LogP contribution >= 0.6 is 28.1 Å². The summed E-state index contributed by atoms with van der Waals surface area (Å²) < 4.78 is 1.06. The predicted octanol–water partition coefficient (Wildman–Crippen LogP) is 5.17. The number of rotatable bonds is 4. The Kier molecular flexibility index (Phi) is 6.32. The Labute approximate surface area is 163 Å². The highest BCUT2D eigenvalue weighted by atomic mass is 79.9. The Bertz CT molecular complexity index is 700. The molecule has 1 aliphatic heterocycles. The van der Waals surface area contributed by atoms with Crippen molar-refractivity contribution in [3.8, 4) is 0 Å². The van der Waals surface area contributed by atoms with Crippen LogP contribution in [0.1, 0.15) is 25.3 Å². The van der Waals surface area contributed by atoms with Gasteiger partial charge in [-0.2, -0.15) is 0 Å². The number of nitrogens with one attached hydrogen (secondary N) is 2. The first-order chi connectivity index (χ1) is 12.1. The van der Waals surface area contributed by atoms with Crippen LogP contribution in [0.5, 0.6) is 0 Å². The van der Waals surface area contributed by atoms with Crippen LogP contribution in [-0.2, 0) is 6.54 Å². The molecule has 0 saturated carbocycles. The molecule has 1 atom stereocenters. The molecular weight excluding hydrogens is 394 g/mol. The van der Waals surface area contributed by atoms with Crippen LogP contribution in [-0.4, -0.2) is 18.2 Å². The minimum absolute atomic E-state index is 0.635. The molecule has 1 fully saturated rings. The van der Waals surface area contributed by atoms with Crippen molar-refractivity contribution in [2.45, 2.75) is 26.3 Å². The summed E-state index contributed by atoms with van der Waals surface area (Å²) in [7, 11) is 0. The molecule has 0 spiro atoms. The number of anilines is 2. The zero-order valence-corrected chi connectivity index (χ0v) is 16.9. The SMILES string of the molecule is C[C@H]1CCCN(c2ccc(CNC(=S)Nc3ccc(Br)cc3)cc2)C1. The van der Waals surface area contributed by atoms with Gasteiger partial charge in [-0.25, -0.2) is 0 Å². The quantitative estimate of drug-likeness (QED) is 0.670. The highest BCUT2D eigenvalue weighted by Crippen LogP contribution is 2.23. The summed E-state index contributed by atoms with van der Waals surface area (Å²) in [5.41, 5.74) is 3.54. The van der Waals surface area contributed by atoms with Crippen molar-refractivity contribution in [3.05, 3.63) is 58.6 Å². The normalized spacial score (nSPS) is 17.2. The first kappa shape index (κ1) is 18.2. The Morgan fingerprint density at radius 1 is 1.16 bits per heavy atom. The van der Waals surface area contributed by atoms with E-state index >= 15 is 0 Å². The lowest BCUT2D eigenvalue weighted by atomic mass is 9.99. The van der Waals surface area contributed by atoms with Gasteiger partial charge >= 0.3 is 0 Å². The van der Waals surface area contributed by atoms with E-state index in [4.69, 9.17) is 12.2 Å². The second-order valence-corrected chi connectivity index (χ2v) is 8.00. The highest BCUT2D eigenvalue weighted by molar-refractivity contribution is 9.10. The first-order valence-electron chi connectivity index (χ1n) is 8.74. The topological polar surface area (TPSA) is 27.3 Å². The summed E-state index contributed by atoms with van der Waals surface area (Å²) in [6, 6.07) is 16.8. The molecule has 0 aromatic heterocycles. The maximum absolute atomic E-state index is 5.37. The van der Waals surface area contributed by atoms with Crippen LogP contribution in [0.4, 0.5) is 11.4 Å². The summed E-state index contributed by atoms with van der Waals surface area (Å²) in [5.74, 6) is 0.789. The van der Waals surface area contributed by atoms with Gasteiger partial charge in [-0.05, 0) is 72.9 Å². The van der Waals surface area contributed by atoms with E-state index in [1.165, 1.54) is 37.2 Å². The zero-order chi connectivity index (χ0) is 17.6. The summed E-state index contributed by atoms with van der Waals surface area (Å²) in [6.07, 6.45) is 2.64. The molecule has 2 N–H and O–H groups in total. The van der Waals surface area contributed by atoms with Gasteiger partial charge in [0.15, 0.2) is 5.11 Å². The van der Waals surface area contributed by atoms with E-state index in [-0.39, 0.29) is 0 Å². The maximum Gasteiger partial charge on any atom is 0.171 e. The summed E-state index contributed by atoms with van der Waals surface area (Å²) in [6.45, 7) is 5.39. The summed E-state index contributed by atoms with van der Waals surface area (Å²) in [4.78, 5) is 2.49. The van der Waals surface area contributed by atoms with Crippen molar-refractivity contribution in [3.63, 3.8) is 0 Å². The molecule has 3 nitrogen and oxygen atoms in total. The van der Waals surface area contributed by atoms with E-state index in [0.29, 0.717) is 5.11 Å². The van der Waals surface area contributed by atoms with Crippen molar-refractivity contribution >= 4 is 44.6 Å². The Morgan fingerprint density at radius 2 is 1.88 bits per heavy atom. The molecule has 132 valence electrons. The van der Waals surface area contributed by atoms with E-state index in [2.05, 4.69) is 62.7 Å². The second kappa shape index (κ2) is 8.68. The number of hydrogen-bond acceptors (Lipinski definition) is 2. The molecule has 1 aliphatic rings. The van der Waals surface area contributed by atoms with Crippen molar-refractivity contribution in [2.75, 3.05) is 23.3 Å². The molecule has 3 rings (SSSR count). The Hall–Kier alpha value is -1.59. The van der Waals surface area contributed by atoms with Gasteiger partial charge in [-0.1, -0.05) is 35.0 Å². The van der Waals surface area contributed by atoms with Crippen LogP contribution in [0.3, 0.4) is 0 Å². The third-order valence-corrected chi connectivity index (χ3v) is 5.29.